The van der Waals surface area contributed by atoms with Crippen molar-refractivity contribution in [3.8, 4) is 5.75 Å². The molecule has 4 aromatic rings. The maximum absolute atomic E-state index is 13.9. The summed E-state index contributed by atoms with van der Waals surface area (Å²) in [5.41, 5.74) is -0.560. The molecule has 0 fully saturated rings. The molecule has 33 heavy (non-hydrogen) atoms. The minimum Gasteiger partial charge on any atom is -0.485 e. The number of rotatable bonds is 8. The molecule has 0 saturated carbocycles. The van der Waals surface area contributed by atoms with Crippen LogP contribution < -0.4 is 10.1 Å². The normalized spacial score (nSPS) is 11.7. The number of H-pyrrole nitrogens is 1. The number of amides is 1. The molecule has 0 radical (unpaired) electrons. The summed E-state index contributed by atoms with van der Waals surface area (Å²) in [6, 6.07) is 6.71. The van der Waals surface area contributed by atoms with Crippen LogP contribution in [0.1, 0.15) is 27.3 Å². The van der Waals surface area contributed by atoms with E-state index < -0.39 is 36.3 Å². The highest BCUT2D eigenvalue weighted by atomic mass is 19.1. The first kappa shape index (κ1) is 22.4. The van der Waals surface area contributed by atoms with E-state index in [1.807, 2.05) is 0 Å². The minimum absolute atomic E-state index is 0.141. The maximum atomic E-state index is 13.9. The van der Waals surface area contributed by atoms with Gasteiger partial charge >= 0.3 is 0 Å². The Balaban J connectivity index is 1.66. The molecule has 11 heteroatoms. The third-order valence-electron chi connectivity index (χ3n) is 5.38. The third-order valence-corrected chi connectivity index (χ3v) is 5.38. The monoisotopic (exact) mass is 457 g/mol. The van der Waals surface area contributed by atoms with Gasteiger partial charge in [-0.1, -0.05) is 6.07 Å². The SMILES string of the molecule is Cc1nc2c(OCc3c(F)cccc3F)cccn2c1C(=O)NC(CO)(CO)c1cn[nH]c1. The van der Waals surface area contributed by atoms with Crippen LogP contribution in [0, 0.1) is 18.6 Å². The summed E-state index contributed by atoms with van der Waals surface area (Å²) in [5.74, 6) is -1.86. The van der Waals surface area contributed by atoms with Gasteiger partial charge in [-0.2, -0.15) is 5.10 Å². The standard InChI is InChI=1S/C22H21F2N5O4/c1-13-19(21(32)28-22(11-30,12-31)14-8-25-26-9-14)29-7-3-6-18(20(29)27-13)33-10-15-16(23)4-2-5-17(15)24/h2-9,30-31H,10-12H2,1H3,(H,25,26)(H,28,32). The van der Waals surface area contributed by atoms with Crippen molar-refractivity contribution in [1.82, 2.24) is 24.9 Å². The molecule has 0 aliphatic heterocycles. The summed E-state index contributed by atoms with van der Waals surface area (Å²) in [6.07, 6.45) is 4.43. The molecule has 0 spiro atoms. The summed E-state index contributed by atoms with van der Waals surface area (Å²) < 4.78 is 35.0. The number of fused-ring (bicyclic) bond motifs is 1. The van der Waals surface area contributed by atoms with Crippen LogP contribution in [0.2, 0.25) is 0 Å². The molecule has 0 aliphatic carbocycles. The molecule has 0 saturated heterocycles. The Labute approximate surface area is 186 Å². The number of pyridine rings is 1. The lowest BCUT2D eigenvalue weighted by Gasteiger charge is -2.30. The number of aromatic amines is 1. The van der Waals surface area contributed by atoms with Crippen molar-refractivity contribution in [2.75, 3.05) is 13.2 Å². The molecule has 1 aromatic carbocycles. The Morgan fingerprint density at radius 3 is 2.58 bits per heavy atom. The van der Waals surface area contributed by atoms with Gasteiger partial charge in [-0.15, -0.1) is 0 Å². The Hall–Kier alpha value is -3.83. The Kier molecular flexibility index (Phi) is 6.07. The maximum Gasteiger partial charge on any atom is 0.271 e. The first-order valence-electron chi connectivity index (χ1n) is 9.97. The number of aromatic nitrogens is 4. The van der Waals surface area contributed by atoms with Gasteiger partial charge in [-0.25, -0.2) is 13.8 Å². The van der Waals surface area contributed by atoms with Crippen LogP contribution in [0.15, 0.2) is 48.9 Å². The summed E-state index contributed by atoms with van der Waals surface area (Å²) in [5, 5.41) is 28.9. The topological polar surface area (TPSA) is 125 Å². The highest BCUT2D eigenvalue weighted by molar-refractivity contribution is 5.95. The van der Waals surface area contributed by atoms with E-state index in [1.165, 1.54) is 22.9 Å². The van der Waals surface area contributed by atoms with Gasteiger partial charge in [0.1, 0.15) is 29.5 Å². The van der Waals surface area contributed by atoms with Crippen molar-refractivity contribution >= 4 is 11.6 Å². The second kappa shape index (κ2) is 8.96. The number of aliphatic hydroxyl groups excluding tert-OH is 2. The number of nitrogens with zero attached hydrogens (tertiary/aromatic N) is 3. The van der Waals surface area contributed by atoms with Crippen LogP contribution in [0.4, 0.5) is 8.78 Å². The fraction of sp³-hybridized carbons (Fsp3) is 0.227. The third kappa shape index (κ3) is 4.03. The summed E-state index contributed by atoms with van der Waals surface area (Å²) in [6.45, 7) is 0.0874. The van der Waals surface area contributed by atoms with Gasteiger partial charge in [-0.05, 0) is 31.2 Å². The number of imidazole rings is 1. The zero-order valence-corrected chi connectivity index (χ0v) is 17.5. The second-order valence-electron chi connectivity index (χ2n) is 7.44. The van der Waals surface area contributed by atoms with Crippen molar-refractivity contribution in [2.24, 2.45) is 0 Å². The highest BCUT2D eigenvalue weighted by Crippen LogP contribution is 2.26. The zero-order chi connectivity index (χ0) is 23.6. The Morgan fingerprint density at radius 2 is 1.94 bits per heavy atom. The van der Waals surface area contributed by atoms with Gasteiger partial charge in [0, 0.05) is 18.0 Å². The van der Waals surface area contributed by atoms with E-state index in [-0.39, 0.29) is 29.3 Å². The molecule has 0 atom stereocenters. The molecule has 4 rings (SSSR count). The number of aryl methyl sites for hydroxylation is 1. The van der Waals surface area contributed by atoms with Gasteiger partial charge in [0.15, 0.2) is 11.4 Å². The molecular weight excluding hydrogens is 436 g/mol. The average molecular weight is 457 g/mol. The van der Waals surface area contributed by atoms with E-state index in [9.17, 15) is 23.8 Å². The number of hydrogen-bond acceptors (Lipinski definition) is 6. The van der Waals surface area contributed by atoms with Crippen LogP contribution in [0.3, 0.4) is 0 Å². The van der Waals surface area contributed by atoms with E-state index in [2.05, 4.69) is 20.5 Å². The van der Waals surface area contributed by atoms with E-state index >= 15 is 0 Å². The fourth-order valence-electron chi connectivity index (χ4n) is 3.54. The van der Waals surface area contributed by atoms with Crippen molar-refractivity contribution in [3.63, 3.8) is 0 Å². The predicted molar refractivity (Wildman–Crippen MR) is 113 cm³/mol. The molecule has 172 valence electrons. The van der Waals surface area contributed by atoms with Crippen molar-refractivity contribution in [2.45, 2.75) is 19.1 Å². The Bertz CT molecular complexity index is 1270. The summed E-state index contributed by atoms with van der Waals surface area (Å²) >= 11 is 0. The van der Waals surface area contributed by atoms with Gasteiger partial charge in [0.2, 0.25) is 0 Å². The highest BCUT2D eigenvalue weighted by Gasteiger charge is 2.35. The second-order valence-corrected chi connectivity index (χ2v) is 7.44. The van der Waals surface area contributed by atoms with Gasteiger partial charge < -0.3 is 20.3 Å². The lowest BCUT2D eigenvalue weighted by atomic mass is 9.94. The van der Waals surface area contributed by atoms with E-state index in [0.717, 1.165) is 12.1 Å². The molecule has 3 heterocycles. The van der Waals surface area contributed by atoms with Crippen molar-refractivity contribution in [1.29, 1.82) is 0 Å². The predicted octanol–water partition coefficient (Wildman–Crippen LogP) is 1.83. The molecule has 0 unspecified atom stereocenters. The van der Waals surface area contributed by atoms with E-state index in [0.29, 0.717) is 11.3 Å². The summed E-state index contributed by atoms with van der Waals surface area (Å²) in [7, 11) is 0. The fourth-order valence-corrected chi connectivity index (χ4v) is 3.54. The largest absolute Gasteiger partial charge is 0.485 e. The van der Waals surface area contributed by atoms with Gasteiger partial charge in [0.25, 0.3) is 5.91 Å². The number of halogens is 2. The molecule has 0 aliphatic rings. The summed E-state index contributed by atoms with van der Waals surface area (Å²) in [4.78, 5) is 17.6. The lowest BCUT2D eigenvalue weighted by Crippen LogP contribution is -2.51. The van der Waals surface area contributed by atoms with Crippen LogP contribution in [-0.2, 0) is 12.1 Å². The quantitative estimate of drug-likeness (QED) is 0.320. The van der Waals surface area contributed by atoms with Crippen LogP contribution in [0.5, 0.6) is 5.75 Å². The smallest absolute Gasteiger partial charge is 0.271 e. The van der Waals surface area contributed by atoms with Gasteiger partial charge in [0.05, 0.1) is 30.7 Å². The molecule has 1 amide bonds. The van der Waals surface area contributed by atoms with E-state index in [4.69, 9.17) is 4.74 Å². The van der Waals surface area contributed by atoms with Crippen LogP contribution >= 0.6 is 0 Å². The van der Waals surface area contributed by atoms with Gasteiger partial charge in [-0.3, -0.25) is 14.3 Å². The first-order valence-corrected chi connectivity index (χ1v) is 9.97. The van der Waals surface area contributed by atoms with Crippen molar-refractivity contribution < 1.29 is 28.5 Å². The molecule has 0 bridgehead atoms. The molecule has 4 N–H and O–H groups in total. The number of carbonyl (C=O) groups excluding carboxylic acids is 1. The molecule has 3 aromatic heterocycles. The number of nitrogens with one attached hydrogen (secondary N) is 2. The zero-order valence-electron chi connectivity index (χ0n) is 17.5. The van der Waals surface area contributed by atoms with Crippen LogP contribution in [-0.4, -0.2) is 48.9 Å². The van der Waals surface area contributed by atoms with Crippen LogP contribution in [0.25, 0.3) is 5.65 Å². The first-order chi connectivity index (χ1) is 15.9. The number of ether oxygens (including phenoxy) is 1. The number of hydrogen-bond donors (Lipinski definition) is 4. The molecular formula is C22H21F2N5O4. The Morgan fingerprint density at radius 1 is 1.21 bits per heavy atom. The molecule has 9 nitrogen and oxygen atoms in total. The average Bonchev–Trinajstić information content (AvgIpc) is 3.45. The lowest BCUT2D eigenvalue weighted by molar-refractivity contribution is 0.0653. The number of aliphatic hydroxyl groups is 2. The van der Waals surface area contributed by atoms with E-state index in [1.54, 1.807) is 25.3 Å². The van der Waals surface area contributed by atoms with Crippen molar-refractivity contribution in [3.05, 3.63) is 83.1 Å². The number of carbonyl (C=O) groups is 1. The minimum atomic E-state index is -1.48. The number of benzene rings is 1.